The Kier molecular flexibility index (Phi) is 9.88. The van der Waals surface area contributed by atoms with Crippen LogP contribution in [0.5, 0.6) is 0 Å². The van der Waals surface area contributed by atoms with Gasteiger partial charge in [0.15, 0.2) is 5.71 Å². The van der Waals surface area contributed by atoms with Crippen molar-refractivity contribution in [2.45, 2.75) is 51.4 Å². The molecule has 2 aliphatic heterocycles. The van der Waals surface area contributed by atoms with Crippen molar-refractivity contribution in [3.63, 3.8) is 0 Å². The van der Waals surface area contributed by atoms with Gasteiger partial charge in [-0.3, -0.25) is 9.97 Å². The number of hydrogen-bond acceptors (Lipinski definition) is 9. The third kappa shape index (κ3) is 6.92. The molecule has 4 heterocycles. The largest absolute Gasteiger partial charge is 1.00 e. The van der Waals surface area contributed by atoms with Crippen LogP contribution < -0.4 is 34.5 Å². The number of rotatable bonds is 10. The molecule has 0 saturated carbocycles. The molecule has 0 saturated heterocycles. The molecule has 2 aromatic heterocycles. The van der Waals surface area contributed by atoms with Gasteiger partial charge in [-0.25, -0.2) is 16.8 Å². The van der Waals surface area contributed by atoms with Crippen molar-refractivity contribution in [2.75, 3.05) is 29.5 Å². The zero-order chi connectivity index (χ0) is 28.6. The van der Waals surface area contributed by atoms with Crippen molar-refractivity contribution in [1.82, 2.24) is 9.97 Å². The van der Waals surface area contributed by atoms with Crippen molar-refractivity contribution in [3.8, 4) is 0 Å². The van der Waals surface area contributed by atoms with Gasteiger partial charge in [-0.05, 0) is 58.4 Å². The van der Waals surface area contributed by atoms with Crippen molar-refractivity contribution >= 4 is 37.3 Å². The molecule has 4 rings (SSSR count). The van der Waals surface area contributed by atoms with E-state index in [4.69, 9.17) is 0 Å². The van der Waals surface area contributed by atoms with Crippen molar-refractivity contribution in [2.24, 2.45) is 0 Å². The molecule has 0 aromatic carbocycles. The normalized spacial score (nSPS) is 18.8. The average Bonchev–Trinajstić information content (AvgIpc) is 3.18. The van der Waals surface area contributed by atoms with E-state index in [1.54, 1.807) is 12.4 Å². The van der Waals surface area contributed by atoms with Gasteiger partial charge >= 0.3 is 29.6 Å². The van der Waals surface area contributed by atoms with Crippen LogP contribution in [0.2, 0.25) is 0 Å². The SMILES string of the molecule is CC1(C)C(/C=C/C=C2/N(CCCS(=O)(=O)[O-])c3cccnc3C2(C)C)=[N+](CCCS(=O)(=O)[O-])c2cccnc21.[Na+]. The fourth-order valence-electron chi connectivity index (χ4n) is 5.48. The Hall–Kier alpha value is -1.93. The Labute approximate surface area is 258 Å². The molecule has 0 amide bonds. The first-order chi connectivity index (χ1) is 18.1. The van der Waals surface area contributed by atoms with E-state index in [2.05, 4.69) is 9.97 Å². The monoisotopic (exact) mass is 596 g/mol. The first-order valence-corrected chi connectivity index (χ1v) is 15.9. The van der Waals surface area contributed by atoms with Gasteiger partial charge in [-0.2, -0.15) is 4.58 Å². The Morgan fingerprint density at radius 1 is 0.900 bits per heavy atom. The molecule has 2 aliphatic rings. The van der Waals surface area contributed by atoms with Gasteiger partial charge < -0.3 is 14.0 Å². The Bertz CT molecular complexity index is 1580. The third-order valence-corrected chi connectivity index (χ3v) is 8.84. The maximum Gasteiger partial charge on any atom is 1.00 e. The Morgan fingerprint density at radius 3 is 2.15 bits per heavy atom. The van der Waals surface area contributed by atoms with Gasteiger partial charge in [-0.15, -0.1) is 0 Å². The predicted molar refractivity (Wildman–Crippen MR) is 147 cm³/mol. The zero-order valence-corrected chi connectivity index (χ0v) is 27.1. The maximum absolute atomic E-state index is 11.2. The first-order valence-electron chi connectivity index (χ1n) is 12.7. The van der Waals surface area contributed by atoms with Gasteiger partial charge in [0, 0.05) is 60.1 Å². The van der Waals surface area contributed by atoms with Crippen LogP contribution in [-0.2, 0) is 31.1 Å². The summed E-state index contributed by atoms with van der Waals surface area (Å²) in [6.07, 6.45) is 9.65. The van der Waals surface area contributed by atoms with E-state index in [0.717, 1.165) is 34.2 Å². The number of aromatic nitrogens is 2. The molecule has 210 valence electrons. The number of anilines is 1. The zero-order valence-electron chi connectivity index (χ0n) is 23.5. The van der Waals surface area contributed by atoms with E-state index in [9.17, 15) is 25.9 Å². The summed E-state index contributed by atoms with van der Waals surface area (Å²) >= 11 is 0. The minimum absolute atomic E-state index is 0. The fourth-order valence-corrected chi connectivity index (χ4v) is 6.44. The first kappa shape index (κ1) is 32.6. The van der Waals surface area contributed by atoms with Gasteiger partial charge in [0.1, 0.15) is 12.2 Å². The van der Waals surface area contributed by atoms with Gasteiger partial charge in [0.25, 0.3) is 0 Å². The molecule has 0 atom stereocenters. The van der Waals surface area contributed by atoms with Crippen molar-refractivity contribution in [3.05, 3.63) is 72.0 Å². The van der Waals surface area contributed by atoms with Crippen LogP contribution in [0.3, 0.4) is 0 Å². The number of allylic oxidation sites excluding steroid dienone is 4. The van der Waals surface area contributed by atoms with E-state index in [-0.39, 0.29) is 42.4 Å². The molecule has 13 heteroatoms. The Balaban J connectivity index is 0.00000441. The van der Waals surface area contributed by atoms with E-state index in [1.165, 1.54) is 0 Å². The van der Waals surface area contributed by atoms with E-state index >= 15 is 0 Å². The molecule has 0 bridgehead atoms. The van der Waals surface area contributed by atoms with E-state index in [0.29, 0.717) is 13.1 Å². The van der Waals surface area contributed by atoms with Crippen LogP contribution in [-0.4, -0.2) is 70.8 Å². The summed E-state index contributed by atoms with van der Waals surface area (Å²) in [7, 11) is -8.66. The van der Waals surface area contributed by atoms with Gasteiger partial charge in [0.05, 0.1) is 37.0 Å². The molecule has 10 nitrogen and oxygen atoms in total. The van der Waals surface area contributed by atoms with Crippen LogP contribution in [0.25, 0.3) is 0 Å². The molecule has 0 N–H and O–H groups in total. The Morgan fingerprint density at radius 2 is 1.50 bits per heavy atom. The molecular weight excluding hydrogens is 563 g/mol. The molecule has 2 aromatic rings. The standard InChI is InChI=1S/C27H34N4O6S2.Na/c1-26(2)22(30(16-8-18-38(32,33)34)20-10-6-14-28-24(20)26)12-5-13-23-27(3,4)25-21(11-7-15-29-25)31(23)17-9-19-39(35,36)37;/h5-7,10-15H,8-9,16-19H2,1-4H3,(H-,32,33,34,35,36,37);/q;+1/p-1. The smallest absolute Gasteiger partial charge is 0.748 e. The van der Waals surface area contributed by atoms with Crippen molar-refractivity contribution in [1.29, 1.82) is 0 Å². The summed E-state index contributed by atoms with van der Waals surface area (Å²) in [5, 5.41) is 0. The molecule has 0 fully saturated rings. The number of nitrogens with zero attached hydrogens (tertiary/aromatic N) is 4. The number of pyridine rings is 2. The predicted octanol–water partition coefficient (Wildman–Crippen LogP) is -0.0347. The minimum atomic E-state index is -4.33. The summed E-state index contributed by atoms with van der Waals surface area (Å²) in [5.74, 6) is -0.901. The van der Waals surface area contributed by atoms with Gasteiger partial charge in [0.2, 0.25) is 5.69 Å². The maximum atomic E-state index is 11.2. The minimum Gasteiger partial charge on any atom is -0.748 e. The summed E-state index contributed by atoms with van der Waals surface area (Å²) in [4.78, 5) is 11.2. The summed E-state index contributed by atoms with van der Waals surface area (Å²) in [6.45, 7) is 8.87. The van der Waals surface area contributed by atoms with Crippen LogP contribution in [0.1, 0.15) is 51.9 Å². The molecule has 0 unspecified atom stereocenters. The van der Waals surface area contributed by atoms with Crippen LogP contribution in [0, 0.1) is 0 Å². The number of hydrogen-bond donors (Lipinski definition) is 0. The quantitative estimate of drug-likeness (QED) is 0.210. The number of fused-ring (bicyclic) bond motifs is 2. The molecule has 0 aliphatic carbocycles. The summed E-state index contributed by atoms with van der Waals surface area (Å²) in [6, 6.07) is 7.52. The second kappa shape index (κ2) is 12.1. The average molecular weight is 597 g/mol. The van der Waals surface area contributed by atoms with Crippen molar-refractivity contribution < 1.29 is 60.1 Å². The molecule has 0 spiro atoms. The second-order valence-electron chi connectivity index (χ2n) is 10.8. The second-order valence-corrected chi connectivity index (χ2v) is 13.9. The van der Waals surface area contributed by atoms with Crippen LogP contribution >= 0.6 is 0 Å². The summed E-state index contributed by atoms with van der Waals surface area (Å²) < 4.78 is 69.3. The van der Waals surface area contributed by atoms with E-state index < -0.39 is 42.6 Å². The molecular formula is C27H33N4NaO6S2. The summed E-state index contributed by atoms with van der Waals surface area (Å²) in [5.41, 5.74) is 4.34. The van der Waals surface area contributed by atoms with E-state index in [1.807, 2.05) is 79.7 Å². The van der Waals surface area contributed by atoms with Gasteiger partial charge in [-0.1, -0.05) is 6.08 Å². The third-order valence-electron chi connectivity index (χ3n) is 7.26. The van der Waals surface area contributed by atoms with Crippen LogP contribution in [0.15, 0.2) is 60.6 Å². The molecule has 40 heavy (non-hydrogen) atoms. The topological polar surface area (TPSA) is 146 Å². The molecule has 0 radical (unpaired) electrons. The fraction of sp³-hybridized carbons (Fsp3) is 0.444. The van der Waals surface area contributed by atoms with Crippen LogP contribution in [0.4, 0.5) is 11.4 Å².